The van der Waals surface area contributed by atoms with Crippen LogP contribution < -0.4 is 11.9 Å². The van der Waals surface area contributed by atoms with Gasteiger partial charge in [-0.15, -0.1) is 0 Å². The van der Waals surface area contributed by atoms with Gasteiger partial charge in [-0.1, -0.05) is 13.8 Å². The Morgan fingerprint density at radius 1 is 1.57 bits per heavy atom. The summed E-state index contributed by atoms with van der Waals surface area (Å²) in [5, 5.41) is 0. The Morgan fingerprint density at radius 2 is 1.71 bits per heavy atom. The third-order valence-electron chi connectivity index (χ3n) is 0.569. The summed E-state index contributed by atoms with van der Waals surface area (Å²) < 4.78 is 0. The van der Waals surface area contributed by atoms with Crippen molar-refractivity contribution >= 4 is 5.91 Å². The van der Waals surface area contributed by atoms with Gasteiger partial charge in [0, 0.05) is 5.92 Å². The minimum atomic E-state index is -0.241. The Balaban J connectivity index is 0. The number of primary amides is 1. The molecule has 3 nitrogen and oxygen atoms in total. The summed E-state index contributed by atoms with van der Waals surface area (Å²) in [7, 11) is 0. The van der Waals surface area contributed by atoms with Crippen LogP contribution in [0.3, 0.4) is 0 Å². The highest BCUT2D eigenvalue weighted by molar-refractivity contribution is 5.75. The van der Waals surface area contributed by atoms with E-state index < -0.39 is 0 Å². The van der Waals surface area contributed by atoms with Crippen LogP contribution in [0.4, 0.5) is 0 Å². The number of carbonyl (C=O) groups is 1. The molecular weight excluding hydrogens is 92.1 g/mol. The predicted molar refractivity (Wildman–Crippen MR) is 29.1 cm³/mol. The molecule has 0 fully saturated rings. The van der Waals surface area contributed by atoms with Crippen LogP contribution in [0.1, 0.15) is 13.8 Å². The maximum atomic E-state index is 9.92. The largest absolute Gasteiger partial charge is 0.369 e. The van der Waals surface area contributed by atoms with E-state index in [1.54, 1.807) is 13.8 Å². The number of nitrogens with two attached hydrogens (primary N) is 1. The molecule has 1 amide bonds. The van der Waals surface area contributed by atoms with Crippen LogP contribution in [0.15, 0.2) is 0 Å². The summed E-state index contributed by atoms with van der Waals surface area (Å²) in [6, 6.07) is 0. The second-order valence-corrected chi connectivity index (χ2v) is 1.56. The van der Waals surface area contributed by atoms with Crippen molar-refractivity contribution in [3.8, 4) is 0 Å². The van der Waals surface area contributed by atoms with Gasteiger partial charge in [0.05, 0.1) is 0 Å². The van der Waals surface area contributed by atoms with Gasteiger partial charge >= 0.3 is 0 Å². The van der Waals surface area contributed by atoms with E-state index in [1.807, 2.05) is 0 Å². The van der Waals surface area contributed by atoms with E-state index in [1.165, 1.54) is 0 Å². The molecule has 0 spiro atoms. The van der Waals surface area contributed by atoms with Crippen molar-refractivity contribution in [3.05, 3.63) is 0 Å². The van der Waals surface area contributed by atoms with Gasteiger partial charge in [0.25, 0.3) is 0 Å². The summed E-state index contributed by atoms with van der Waals surface area (Å²) in [6.07, 6.45) is 0. The third kappa shape index (κ3) is 5.43. The average molecular weight is 104 g/mol. The summed E-state index contributed by atoms with van der Waals surface area (Å²) in [4.78, 5) is 9.92. The lowest BCUT2D eigenvalue weighted by atomic mass is 10.2. The molecule has 44 valence electrons. The molecule has 0 aliphatic heterocycles. The van der Waals surface area contributed by atoms with Crippen LogP contribution in [0.2, 0.25) is 0 Å². The molecule has 0 bridgehead atoms. The maximum Gasteiger partial charge on any atom is 0.219 e. The van der Waals surface area contributed by atoms with Crippen LogP contribution in [0.5, 0.6) is 0 Å². The monoisotopic (exact) mass is 104 g/mol. The third-order valence-corrected chi connectivity index (χ3v) is 0.569. The Morgan fingerprint density at radius 3 is 1.71 bits per heavy atom. The van der Waals surface area contributed by atoms with Crippen molar-refractivity contribution in [1.29, 1.82) is 0 Å². The van der Waals surface area contributed by atoms with E-state index in [0.717, 1.165) is 0 Å². The Labute approximate surface area is 43.5 Å². The normalized spacial score (nSPS) is 7.86. The van der Waals surface area contributed by atoms with Crippen molar-refractivity contribution in [2.75, 3.05) is 0 Å². The summed E-state index contributed by atoms with van der Waals surface area (Å²) in [5.74, 6) is -0.250. The van der Waals surface area contributed by atoms with Crippen molar-refractivity contribution in [1.82, 2.24) is 6.15 Å². The van der Waals surface area contributed by atoms with E-state index in [0.29, 0.717) is 0 Å². The minimum absolute atomic E-state index is 0. The molecule has 7 heavy (non-hydrogen) atoms. The topological polar surface area (TPSA) is 78.1 Å². The number of carbonyl (C=O) groups excluding carboxylic acids is 1. The molecule has 0 aromatic rings. The Hall–Kier alpha value is -0.570. The zero-order valence-corrected chi connectivity index (χ0v) is 4.77. The predicted octanol–water partition coefficient (Wildman–Crippen LogP) is 0.290. The molecule has 0 rings (SSSR count). The number of amides is 1. The van der Waals surface area contributed by atoms with E-state index in [4.69, 9.17) is 5.73 Å². The molecule has 0 aromatic carbocycles. The van der Waals surface area contributed by atoms with E-state index in [9.17, 15) is 4.79 Å². The highest BCUT2D eigenvalue weighted by Gasteiger charge is 1.96. The van der Waals surface area contributed by atoms with Gasteiger partial charge in [-0.2, -0.15) is 0 Å². The van der Waals surface area contributed by atoms with Gasteiger partial charge in [0.1, 0.15) is 0 Å². The van der Waals surface area contributed by atoms with Crippen molar-refractivity contribution in [2.45, 2.75) is 13.8 Å². The van der Waals surface area contributed by atoms with Crippen molar-refractivity contribution < 1.29 is 4.79 Å². The lowest BCUT2D eigenvalue weighted by Crippen LogP contribution is -2.17. The molecule has 0 heterocycles. The van der Waals surface area contributed by atoms with Gasteiger partial charge in [-0.3, -0.25) is 4.79 Å². The molecule has 0 saturated heterocycles. The fraction of sp³-hybridized carbons (Fsp3) is 0.750. The molecule has 0 saturated carbocycles. The molecule has 0 atom stereocenters. The van der Waals surface area contributed by atoms with Crippen LogP contribution in [-0.2, 0) is 4.79 Å². The van der Waals surface area contributed by atoms with Gasteiger partial charge in [0.15, 0.2) is 0 Å². The Kier molecular flexibility index (Phi) is 4.99. The first-order chi connectivity index (χ1) is 2.64. The second kappa shape index (κ2) is 3.61. The minimum Gasteiger partial charge on any atom is -0.369 e. The highest BCUT2D eigenvalue weighted by Crippen LogP contribution is 1.84. The van der Waals surface area contributed by atoms with E-state index in [-0.39, 0.29) is 18.0 Å². The zero-order valence-electron chi connectivity index (χ0n) is 4.77. The van der Waals surface area contributed by atoms with Crippen LogP contribution in [0, 0.1) is 5.92 Å². The van der Waals surface area contributed by atoms with Gasteiger partial charge in [0.2, 0.25) is 5.91 Å². The smallest absolute Gasteiger partial charge is 0.219 e. The van der Waals surface area contributed by atoms with Crippen LogP contribution in [0.25, 0.3) is 0 Å². The van der Waals surface area contributed by atoms with Gasteiger partial charge in [-0.25, -0.2) is 0 Å². The standard InChI is InChI=1S/C4H9NO.H3N/c1-3(2)4(5)6;/h3H,1-2H3,(H2,5,6);1H3. The average Bonchev–Trinajstić information content (AvgIpc) is 1.36. The van der Waals surface area contributed by atoms with Crippen molar-refractivity contribution in [3.63, 3.8) is 0 Å². The van der Waals surface area contributed by atoms with Crippen molar-refractivity contribution in [2.24, 2.45) is 11.7 Å². The Bertz CT molecular complexity index is 60.7. The van der Waals surface area contributed by atoms with Crippen LogP contribution >= 0.6 is 0 Å². The van der Waals surface area contributed by atoms with E-state index in [2.05, 4.69) is 0 Å². The maximum absolute atomic E-state index is 9.92. The van der Waals surface area contributed by atoms with E-state index >= 15 is 0 Å². The molecule has 0 radical (unpaired) electrons. The lowest BCUT2D eigenvalue weighted by molar-refractivity contribution is -0.120. The number of rotatable bonds is 1. The molecule has 0 aliphatic rings. The first-order valence-electron chi connectivity index (χ1n) is 1.94. The van der Waals surface area contributed by atoms with Gasteiger partial charge in [-0.05, 0) is 0 Å². The fourth-order valence-electron chi connectivity index (χ4n) is 0. The molecule has 3 heteroatoms. The molecule has 0 aromatic heterocycles. The van der Waals surface area contributed by atoms with Crippen LogP contribution in [-0.4, -0.2) is 5.91 Å². The number of hydrogen-bond donors (Lipinski definition) is 2. The summed E-state index contributed by atoms with van der Waals surface area (Å²) >= 11 is 0. The molecule has 5 N–H and O–H groups in total. The molecule has 0 unspecified atom stereocenters. The quantitative estimate of drug-likeness (QED) is 0.501. The highest BCUT2D eigenvalue weighted by atomic mass is 16.1. The zero-order chi connectivity index (χ0) is 5.15. The lowest BCUT2D eigenvalue weighted by Gasteiger charge is -1.90. The summed E-state index contributed by atoms with van der Waals surface area (Å²) in [6.45, 7) is 3.53. The number of hydrogen-bond acceptors (Lipinski definition) is 2. The SMILES string of the molecule is CC(C)C(N)=O.N. The van der Waals surface area contributed by atoms with Gasteiger partial charge < -0.3 is 11.9 Å². The first kappa shape index (κ1) is 9.66. The second-order valence-electron chi connectivity index (χ2n) is 1.56. The summed E-state index contributed by atoms with van der Waals surface area (Å²) in [5.41, 5.74) is 4.80. The first-order valence-corrected chi connectivity index (χ1v) is 1.94. The molecule has 0 aliphatic carbocycles. The molecular formula is C4H12N2O. The fourth-order valence-corrected chi connectivity index (χ4v) is 0.